The van der Waals surface area contributed by atoms with E-state index in [9.17, 15) is 8.78 Å². The van der Waals surface area contributed by atoms with Crippen LogP contribution < -0.4 is 10.1 Å². The fourth-order valence-corrected chi connectivity index (χ4v) is 1.57. The molecule has 0 radical (unpaired) electrons. The Morgan fingerprint density at radius 3 is 2.76 bits per heavy atom. The smallest absolute Gasteiger partial charge is 0.387 e. The molecular formula is C13H19F2NO. The largest absolute Gasteiger partial charge is 0.435 e. The summed E-state index contributed by atoms with van der Waals surface area (Å²) in [6, 6.07) is 6.96. The first-order chi connectivity index (χ1) is 8.13. The van der Waals surface area contributed by atoms with Crippen molar-refractivity contribution in [2.45, 2.75) is 39.3 Å². The van der Waals surface area contributed by atoms with Crippen LogP contribution in [0, 0.1) is 0 Å². The van der Waals surface area contributed by atoms with E-state index in [2.05, 4.69) is 17.0 Å². The van der Waals surface area contributed by atoms with Crippen molar-refractivity contribution in [2.24, 2.45) is 0 Å². The lowest BCUT2D eigenvalue weighted by molar-refractivity contribution is -0.0499. The van der Waals surface area contributed by atoms with E-state index in [0.29, 0.717) is 0 Å². The number of hydrogen-bond donors (Lipinski definition) is 1. The quantitative estimate of drug-likeness (QED) is 0.737. The second kappa shape index (κ2) is 7.22. The van der Waals surface area contributed by atoms with Gasteiger partial charge in [-0.05, 0) is 37.6 Å². The van der Waals surface area contributed by atoms with Crippen LogP contribution in [0.5, 0.6) is 5.75 Å². The van der Waals surface area contributed by atoms with E-state index in [1.54, 1.807) is 12.1 Å². The molecule has 0 saturated heterocycles. The molecule has 1 atom stereocenters. The fourth-order valence-electron chi connectivity index (χ4n) is 1.57. The standard InChI is InChI=1S/C13H19F2NO/c1-3-4-8-16-10(2)11-6-5-7-12(9-11)17-13(14)15/h5-7,9-10,13,16H,3-4,8H2,1-2H3. The Kier molecular flexibility index (Phi) is 5.91. The molecule has 0 aliphatic rings. The molecule has 1 unspecified atom stereocenters. The number of benzene rings is 1. The van der Waals surface area contributed by atoms with Gasteiger partial charge < -0.3 is 10.1 Å². The minimum atomic E-state index is -2.77. The van der Waals surface area contributed by atoms with Crippen molar-refractivity contribution in [1.29, 1.82) is 0 Å². The third-order valence-electron chi connectivity index (χ3n) is 2.56. The number of hydrogen-bond acceptors (Lipinski definition) is 2. The molecule has 0 amide bonds. The molecule has 96 valence electrons. The van der Waals surface area contributed by atoms with Gasteiger partial charge in [0, 0.05) is 6.04 Å². The summed E-state index contributed by atoms with van der Waals surface area (Å²) in [7, 11) is 0. The van der Waals surface area contributed by atoms with E-state index < -0.39 is 6.61 Å². The number of rotatable bonds is 7. The first-order valence-electron chi connectivity index (χ1n) is 5.91. The average molecular weight is 243 g/mol. The molecule has 1 aromatic rings. The summed E-state index contributed by atoms with van der Waals surface area (Å²) in [5.41, 5.74) is 0.958. The molecule has 0 aliphatic carbocycles. The summed E-state index contributed by atoms with van der Waals surface area (Å²) in [6.45, 7) is 2.30. The molecule has 1 aromatic carbocycles. The Balaban J connectivity index is 2.57. The number of alkyl halides is 2. The van der Waals surface area contributed by atoms with Gasteiger partial charge in [0.15, 0.2) is 0 Å². The van der Waals surface area contributed by atoms with E-state index in [1.165, 1.54) is 6.07 Å². The van der Waals surface area contributed by atoms with E-state index >= 15 is 0 Å². The normalized spacial score (nSPS) is 12.8. The van der Waals surface area contributed by atoms with Crippen LogP contribution in [0.3, 0.4) is 0 Å². The Morgan fingerprint density at radius 2 is 2.12 bits per heavy atom. The Hall–Kier alpha value is -1.16. The highest BCUT2D eigenvalue weighted by molar-refractivity contribution is 5.30. The zero-order valence-electron chi connectivity index (χ0n) is 10.2. The van der Waals surface area contributed by atoms with Crippen molar-refractivity contribution >= 4 is 0 Å². The first-order valence-corrected chi connectivity index (χ1v) is 5.91. The first kappa shape index (κ1) is 13.9. The maximum absolute atomic E-state index is 12.1. The van der Waals surface area contributed by atoms with Crippen molar-refractivity contribution in [3.05, 3.63) is 29.8 Å². The van der Waals surface area contributed by atoms with Crippen LogP contribution in [0.25, 0.3) is 0 Å². The van der Waals surface area contributed by atoms with Crippen molar-refractivity contribution in [2.75, 3.05) is 6.54 Å². The highest BCUT2D eigenvalue weighted by Gasteiger charge is 2.08. The van der Waals surface area contributed by atoms with Crippen molar-refractivity contribution in [3.8, 4) is 5.75 Å². The lowest BCUT2D eigenvalue weighted by atomic mass is 10.1. The van der Waals surface area contributed by atoms with Crippen LogP contribution in [-0.2, 0) is 0 Å². The molecule has 0 aliphatic heterocycles. The van der Waals surface area contributed by atoms with Crippen molar-refractivity contribution in [1.82, 2.24) is 5.32 Å². The second-order valence-corrected chi connectivity index (χ2v) is 3.98. The van der Waals surface area contributed by atoms with Crippen LogP contribution in [0.15, 0.2) is 24.3 Å². The zero-order chi connectivity index (χ0) is 12.7. The summed E-state index contributed by atoms with van der Waals surface area (Å²) in [5.74, 6) is 0.210. The second-order valence-electron chi connectivity index (χ2n) is 3.98. The van der Waals surface area contributed by atoms with E-state index in [1.807, 2.05) is 13.0 Å². The predicted octanol–water partition coefficient (Wildman–Crippen LogP) is 3.74. The SMILES string of the molecule is CCCCNC(C)c1cccc(OC(F)F)c1. The summed E-state index contributed by atoms with van der Waals surface area (Å²) >= 11 is 0. The van der Waals surface area contributed by atoms with E-state index in [4.69, 9.17) is 0 Å². The van der Waals surface area contributed by atoms with Gasteiger partial charge in [0.1, 0.15) is 5.75 Å². The average Bonchev–Trinajstić information content (AvgIpc) is 2.28. The highest BCUT2D eigenvalue weighted by Crippen LogP contribution is 2.20. The van der Waals surface area contributed by atoms with Gasteiger partial charge in [-0.15, -0.1) is 0 Å². The minimum absolute atomic E-state index is 0.141. The molecule has 0 spiro atoms. The lowest BCUT2D eigenvalue weighted by Crippen LogP contribution is -2.19. The Labute approximate surface area is 101 Å². The number of unbranched alkanes of at least 4 members (excludes halogenated alkanes) is 1. The van der Waals surface area contributed by atoms with Crippen molar-refractivity contribution in [3.63, 3.8) is 0 Å². The molecule has 17 heavy (non-hydrogen) atoms. The van der Waals surface area contributed by atoms with Crippen molar-refractivity contribution < 1.29 is 13.5 Å². The van der Waals surface area contributed by atoms with Crippen LogP contribution >= 0.6 is 0 Å². The molecule has 0 bridgehead atoms. The third kappa shape index (κ3) is 5.13. The molecular weight excluding hydrogens is 224 g/mol. The maximum atomic E-state index is 12.1. The fraction of sp³-hybridized carbons (Fsp3) is 0.538. The van der Waals surface area contributed by atoms with Gasteiger partial charge in [0.2, 0.25) is 0 Å². The molecule has 0 heterocycles. The zero-order valence-corrected chi connectivity index (χ0v) is 10.2. The maximum Gasteiger partial charge on any atom is 0.387 e. The van der Waals surface area contributed by atoms with Gasteiger partial charge in [-0.3, -0.25) is 0 Å². The summed E-state index contributed by atoms with van der Waals surface area (Å²) < 4.78 is 28.5. The molecule has 0 fully saturated rings. The van der Waals surface area contributed by atoms with Gasteiger partial charge >= 0.3 is 6.61 Å². The molecule has 2 nitrogen and oxygen atoms in total. The molecule has 4 heteroatoms. The Morgan fingerprint density at radius 1 is 1.35 bits per heavy atom. The minimum Gasteiger partial charge on any atom is -0.435 e. The van der Waals surface area contributed by atoms with Gasteiger partial charge in [0.25, 0.3) is 0 Å². The lowest BCUT2D eigenvalue weighted by Gasteiger charge is -2.15. The number of halogens is 2. The Bertz CT molecular complexity index is 331. The van der Waals surface area contributed by atoms with Crippen LogP contribution in [0.1, 0.15) is 38.3 Å². The van der Waals surface area contributed by atoms with Crippen LogP contribution in [0.2, 0.25) is 0 Å². The summed E-state index contributed by atoms with van der Waals surface area (Å²) in [5, 5.41) is 3.34. The predicted molar refractivity (Wildman–Crippen MR) is 64.4 cm³/mol. The van der Waals surface area contributed by atoms with Crippen LogP contribution in [0.4, 0.5) is 8.78 Å². The van der Waals surface area contributed by atoms with Crippen LogP contribution in [-0.4, -0.2) is 13.2 Å². The highest BCUT2D eigenvalue weighted by atomic mass is 19.3. The summed E-state index contributed by atoms with van der Waals surface area (Å²) in [4.78, 5) is 0. The van der Waals surface area contributed by atoms with Gasteiger partial charge in [-0.2, -0.15) is 8.78 Å². The molecule has 1 rings (SSSR count). The monoisotopic (exact) mass is 243 g/mol. The van der Waals surface area contributed by atoms with E-state index in [0.717, 1.165) is 24.9 Å². The molecule has 1 N–H and O–H groups in total. The van der Waals surface area contributed by atoms with E-state index in [-0.39, 0.29) is 11.8 Å². The number of ether oxygens (including phenoxy) is 1. The van der Waals surface area contributed by atoms with Gasteiger partial charge in [-0.25, -0.2) is 0 Å². The van der Waals surface area contributed by atoms with Gasteiger partial charge in [-0.1, -0.05) is 25.5 Å². The third-order valence-corrected chi connectivity index (χ3v) is 2.56. The molecule has 0 aromatic heterocycles. The number of nitrogens with one attached hydrogen (secondary N) is 1. The summed E-state index contributed by atoms with van der Waals surface area (Å²) in [6.07, 6.45) is 2.24. The van der Waals surface area contributed by atoms with Gasteiger partial charge in [0.05, 0.1) is 0 Å². The molecule has 0 saturated carbocycles. The topological polar surface area (TPSA) is 21.3 Å².